The first-order valence-corrected chi connectivity index (χ1v) is 8.46. The summed E-state index contributed by atoms with van der Waals surface area (Å²) in [6, 6.07) is 5.65. The molecule has 4 heterocycles. The quantitative estimate of drug-likeness (QED) is 0.752. The number of hydrogen-bond acceptors (Lipinski definition) is 7. The second-order valence-electron chi connectivity index (χ2n) is 6.64. The van der Waals surface area contributed by atoms with Crippen LogP contribution < -0.4 is 18.9 Å². The predicted octanol–water partition coefficient (Wildman–Crippen LogP) is 2.21. The number of benzene rings is 2. The van der Waals surface area contributed by atoms with Gasteiger partial charge in [-0.2, -0.15) is 0 Å². The highest BCUT2D eigenvalue weighted by Crippen LogP contribution is 2.53. The summed E-state index contributed by atoms with van der Waals surface area (Å²) < 4.78 is 21.8. The lowest BCUT2D eigenvalue weighted by molar-refractivity contribution is 0.0391. The number of aliphatic hydroxyl groups is 1. The molecule has 1 unspecified atom stereocenters. The maximum Gasteiger partial charge on any atom is 0.231 e. The minimum absolute atomic E-state index is 0.0577. The van der Waals surface area contributed by atoms with Crippen LogP contribution in [-0.4, -0.2) is 35.2 Å². The van der Waals surface area contributed by atoms with E-state index in [-0.39, 0.29) is 19.3 Å². The van der Waals surface area contributed by atoms with Gasteiger partial charge in [-0.15, -0.1) is 0 Å². The molecule has 0 saturated heterocycles. The Hall–Kier alpha value is -3.06. The Morgan fingerprint density at radius 1 is 1.00 bits per heavy atom. The fourth-order valence-corrected chi connectivity index (χ4v) is 4.18. The molecular formula is C19H15NO6. The monoisotopic (exact) mass is 353 g/mol. The summed E-state index contributed by atoms with van der Waals surface area (Å²) in [5.74, 6) is 2.21. The van der Waals surface area contributed by atoms with Gasteiger partial charge in [0.1, 0.15) is 0 Å². The zero-order valence-electron chi connectivity index (χ0n) is 13.7. The lowest BCUT2D eigenvalue weighted by atomic mass is 9.88. The Bertz CT molecular complexity index is 998. The standard InChI is InChI=1S/C19H15NO6/c21-16-14-10(6-13-18(16)26-8-24-13)3-4-20-11(14)5-9-1-2-12-17(25-7-23-12)15(9)19(20)22/h1-2,5-6,19,21-22H,3-4,7-8H2. The first kappa shape index (κ1) is 14.1. The molecule has 2 N–H and O–H groups in total. The van der Waals surface area contributed by atoms with E-state index in [1.165, 1.54) is 0 Å². The largest absolute Gasteiger partial charge is 0.504 e. The molecule has 0 fully saturated rings. The van der Waals surface area contributed by atoms with Crippen molar-refractivity contribution in [3.63, 3.8) is 0 Å². The van der Waals surface area contributed by atoms with E-state index in [9.17, 15) is 10.2 Å². The topological polar surface area (TPSA) is 80.6 Å². The SMILES string of the molecule is Oc1c2c(cc3c1C1=Cc4ccc5c(c4C(O)N1CC3)OCO5)OCO2. The number of phenolic OH excluding ortho intramolecular Hbond substituents is 1. The number of fused-ring (bicyclic) bond motifs is 7. The third-order valence-corrected chi connectivity index (χ3v) is 5.36. The lowest BCUT2D eigenvalue weighted by Gasteiger charge is -2.40. The predicted molar refractivity (Wildman–Crippen MR) is 90.0 cm³/mol. The normalized spacial score (nSPS) is 21.0. The van der Waals surface area contributed by atoms with Crippen molar-refractivity contribution in [3.05, 3.63) is 40.5 Å². The van der Waals surface area contributed by atoms with Gasteiger partial charge in [-0.1, -0.05) is 6.07 Å². The van der Waals surface area contributed by atoms with Gasteiger partial charge in [0.2, 0.25) is 19.3 Å². The van der Waals surface area contributed by atoms with Crippen molar-refractivity contribution < 1.29 is 29.2 Å². The molecule has 0 radical (unpaired) electrons. The van der Waals surface area contributed by atoms with Gasteiger partial charge >= 0.3 is 0 Å². The van der Waals surface area contributed by atoms with Crippen molar-refractivity contribution in [3.8, 4) is 28.7 Å². The fraction of sp³-hybridized carbons (Fsp3) is 0.263. The van der Waals surface area contributed by atoms with Crippen LogP contribution in [0.4, 0.5) is 0 Å². The third-order valence-electron chi connectivity index (χ3n) is 5.36. The Balaban J connectivity index is 1.59. The van der Waals surface area contributed by atoms with Crippen LogP contribution in [0.1, 0.15) is 28.5 Å². The molecule has 7 heteroatoms. The Morgan fingerprint density at radius 3 is 2.69 bits per heavy atom. The molecule has 0 aromatic heterocycles. The average molecular weight is 353 g/mol. The number of phenols is 1. The molecule has 26 heavy (non-hydrogen) atoms. The molecule has 132 valence electrons. The second-order valence-corrected chi connectivity index (χ2v) is 6.64. The molecular weight excluding hydrogens is 338 g/mol. The zero-order chi connectivity index (χ0) is 17.4. The molecule has 0 aliphatic carbocycles. The number of hydrogen-bond donors (Lipinski definition) is 2. The number of ether oxygens (including phenoxy) is 4. The zero-order valence-corrected chi connectivity index (χ0v) is 13.7. The van der Waals surface area contributed by atoms with E-state index in [4.69, 9.17) is 18.9 Å². The van der Waals surface area contributed by atoms with Gasteiger partial charge in [0.25, 0.3) is 0 Å². The summed E-state index contributed by atoms with van der Waals surface area (Å²) in [6.07, 6.45) is 1.76. The molecule has 0 bridgehead atoms. The van der Waals surface area contributed by atoms with Crippen LogP contribution in [0, 0.1) is 0 Å². The van der Waals surface area contributed by atoms with Crippen molar-refractivity contribution in [1.29, 1.82) is 0 Å². The molecule has 1 atom stereocenters. The van der Waals surface area contributed by atoms with Crippen LogP contribution in [-0.2, 0) is 6.42 Å². The molecule has 2 aromatic rings. The van der Waals surface area contributed by atoms with Crippen LogP contribution in [0.3, 0.4) is 0 Å². The summed E-state index contributed by atoms with van der Waals surface area (Å²) >= 11 is 0. The van der Waals surface area contributed by atoms with Gasteiger partial charge in [-0.05, 0) is 35.8 Å². The Labute approximate surface area is 148 Å². The van der Waals surface area contributed by atoms with E-state index in [0.717, 1.165) is 16.8 Å². The first-order chi connectivity index (χ1) is 12.7. The van der Waals surface area contributed by atoms with E-state index >= 15 is 0 Å². The highest BCUT2D eigenvalue weighted by atomic mass is 16.7. The van der Waals surface area contributed by atoms with E-state index in [1.54, 1.807) is 0 Å². The van der Waals surface area contributed by atoms with E-state index in [1.807, 2.05) is 29.2 Å². The van der Waals surface area contributed by atoms with Crippen molar-refractivity contribution in [2.75, 3.05) is 20.1 Å². The van der Waals surface area contributed by atoms with Crippen LogP contribution in [0.15, 0.2) is 18.2 Å². The molecule has 6 rings (SSSR count). The van der Waals surface area contributed by atoms with Gasteiger partial charge in [-0.3, -0.25) is 0 Å². The van der Waals surface area contributed by atoms with E-state index < -0.39 is 6.23 Å². The molecule has 2 aromatic carbocycles. The van der Waals surface area contributed by atoms with Gasteiger partial charge in [0.15, 0.2) is 29.2 Å². The minimum atomic E-state index is -0.875. The van der Waals surface area contributed by atoms with Crippen molar-refractivity contribution in [1.82, 2.24) is 4.90 Å². The number of aliphatic hydroxyl groups excluding tert-OH is 1. The number of nitrogens with zero attached hydrogens (tertiary/aromatic N) is 1. The summed E-state index contributed by atoms with van der Waals surface area (Å²) in [7, 11) is 0. The highest BCUT2D eigenvalue weighted by molar-refractivity contribution is 5.90. The smallest absolute Gasteiger partial charge is 0.231 e. The van der Waals surface area contributed by atoms with Crippen LogP contribution >= 0.6 is 0 Å². The van der Waals surface area contributed by atoms with Crippen LogP contribution in [0.2, 0.25) is 0 Å². The fourth-order valence-electron chi connectivity index (χ4n) is 4.18. The summed E-state index contributed by atoms with van der Waals surface area (Å²) in [5, 5.41) is 21.8. The molecule has 0 amide bonds. The third kappa shape index (κ3) is 1.65. The number of rotatable bonds is 0. The second kappa shape index (κ2) is 4.76. The summed E-state index contributed by atoms with van der Waals surface area (Å²) in [5.41, 5.74) is 3.97. The molecule has 0 spiro atoms. The lowest BCUT2D eigenvalue weighted by Crippen LogP contribution is -2.35. The Morgan fingerprint density at radius 2 is 1.81 bits per heavy atom. The highest BCUT2D eigenvalue weighted by Gasteiger charge is 2.38. The first-order valence-electron chi connectivity index (χ1n) is 8.46. The summed E-state index contributed by atoms with van der Waals surface area (Å²) in [6.45, 7) is 0.870. The maximum atomic E-state index is 11.0. The van der Waals surface area contributed by atoms with E-state index in [2.05, 4.69) is 0 Å². The van der Waals surface area contributed by atoms with Gasteiger partial charge in [0, 0.05) is 12.1 Å². The van der Waals surface area contributed by atoms with Crippen LogP contribution in [0.25, 0.3) is 11.8 Å². The molecule has 7 nitrogen and oxygen atoms in total. The van der Waals surface area contributed by atoms with Crippen LogP contribution in [0.5, 0.6) is 28.7 Å². The average Bonchev–Trinajstić information content (AvgIpc) is 3.30. The molecule has 0 saturated carbocycles. The van der Waals surface area contributed by atoms with Gasteiger partial charge < -0.3 is 34.1 Å². The van der Waals surface area contributed by atoms with Crippen molar-refractivity contribution in [2.45, 2.75) is 12.6 Å². The maximum absolute atomic E-state index is 11.0. The molecule has 4 aliphatic rings. The summed E-state index contributed by atoms with van der Waals surface area (Å²) in [4.78, 5) is 1.87. The van der Waals surface area contributed by atoms with Gasteiger partial charge in [0.05, 0.1) is 11.3 Å². The molecule has 4 aliphatic heterocycles. The minimum Gasteiger partial charge on any atom is -0.504 e. The van der Waals surface area contributed by atoms with Crippen molar-refractivity contribution in [2.24, 2.45) is 0 Å². The van der Waals surface area contributed by atoms with Crippen molar-refractivity contribution >= 4 is 11.8 Å². The number of aromatic hydroxyl groups is 1. The van der Waals surface area contributed by atoms with E-state index in [0.29, 0.717) is 47.1 Å². The van der Waals surface area contributed by atoms with Gasteiger partial charge in [-0.25, -0.2) is 0 Å². The Kier molecular flexibility index (Phi) is 2.59.